The van der Waals surface area contributed by atoms with E-state index in [0.717, 1.165) is 0 Å². The van der Waals surface area contributed by atoms with Gasteiger partial charge in [-0.05, 0) is 31.1 Å². The molecule has 9 heteroatoms. The molecular formula is C16H25Cl3O6. The van der Waals surface area contributed by atoms with Crippen LogP contribution in [0.5, 0.6) is 0 Å². The first-order chi connectivity index (χ1) is 11.5. The minimum Gasteiger partial charge on any atom is -0.466 e. The Bertz CT molecular complexity index is 436. The molecule has 0 saturated heterocycles. The first-order valence-corrected chi connectivity index (χ1v) is 9.09. The molecule has 0 spiro atoms. The van der Waals surface area contributed by atoms with Crippen LogP contribution in [0.15, 0.2) is 0 Å². The van der Waals surface area contributed by atoms with Crippen LogP contribution in [0.1, 0.15) is 46.5 Å². The number of carbonyl (C=O) groups excluding carboxylic acids is 3. The topological polar surface area (TPSA) is 78.9 Å². The highest BCUT2D eigenvalue weighted by Crippen LogP contribution is 2.36. The Kier molecular flexibility index (Phi) is 12.2. The van der Waals surface area contributed by atoms with Crippen molar-refractivity contribution in [3.05, 3.63) is 0 Å². The number of carbonyl (C=O) groups is 3. The molecule has 0 N–H and O–H groups in total. The lowest BCUT2D eigenvalue weighted by Gasteiger charge is -2.25. The van der Waals surface area contributed by atoms with E-state index in [1.54, 1.807) is 0 Å². The zero-order valence-corrected chi connectivity index (χ0v) is 17.0. The molecule has 0 saturated carbocycles. The molecule has 0 aromatic carbocycles. The lowest BCUT2D eigenvalue weighted by atomic mass is 9.90. The van der Waals surface area contributed by atoms with Crippen molar-refractivity contribution in [2.75, 3.05) is 19.8 Å². The molecule has 0 aromatic rings. The Hall–Kier alpha value is -0.720. The lowest BCUT2D eigenvalue weighted by Crippen LogP contribution is -2.24. The molecular weight excluding hydrogens is 395 g/mol. The second-order valence-corrected chi connectivity index (χ2v) is 8.39. The largest absolute Gasteiger partial charge is 0.466 e. The highest BCUT2D eigenvalue weighted by atomic mass is 35.6. The Morgan fingerprint density at radius 3 is 1.76 bits per heavy atom. The van der Waals surface area contributed by atoms with E-state index in [9.17, 15) is 14.4 Å². The molecule has 146 valence electrons. The van der Waals surface area contributed by atoms with Gasteiger partial charge in [-0.15, -0.1) is 0 Å². The van der Waals surface area contributed by atoms with Crippen molar-refractivity contribution >= 4 is 52.7 Å². The summed E-state index contributed by atoms with van der Waals surface area (Å²) in [7, 11) is 0. The van der Waals surface area contributed by atoms with Crippen LogP contribution in [-0.4, -0.2) is 41.5 Å². The van der Waals surface area contributed by atoms with E-state index >= 15 is 0 Å². The van der Waals surface area contributed by atoms with Crippen molar-refractivity contribution in [2.24, 2.45) is 11.8 Å². The van der Waals surface area contributed by atoms with E-state index in [-0.39, 0.29) is 50.0 Å². The third-order valence-corrected chi connectivity index (χ3v) is 3.76. The summed E-state index contributed by atoms with van der Waals surface area (Å²) in [5.41, 5.74) is 0. The molecule has 0 rings (SSSR count). The van der Waals surface area contributed by atoms with E-state index in [0.29, 0.717) is 19.3 Å². The van der Waals surface area contributed by atoms with Gasteiger partial charge in [0.25, 0.3) is 0 Å². The van der Waals surface area contributed by atoms with Gasteiger partial charge < -0.3 is 14.2 Å². The first kappa shape index (κ1) is 24.3. The number of hydrogen-bond acceptors (Lipinski definition) is 6. The zero-order valence-electron chi connectivity index (χ0n) is 14.7. The van der Waals surface area contributed by atoms with Crippen LogP contribution in [0, 0.1) is 11.8 Å². The molecule has 2 atom stereocenters. The third-order valence-electron chi connectivity index (χ3n) is 3.29. The third kappa shape index (κ3) is 16.5. The molecule has 2 unspecified atom stereocenters. The fraction of sp³-hybridized carbons (Fsp3) is 0.812. The first-order valence-electron chi connectivity index (χ1n) is 7.96. The Labute approximate surface area is 163 Å². The summed E-state index contributed by atoms with van der Waals surface area (Å²) in [4.78, 5) is 32.9. The Morgan fingerprint density at radius 1 is 0.840 bits per heavy atom. The fourth-order valence-electron chi connectivity index (χ4n) is 2.34. The van der Waals surface area contributed by atoms with E-state index in [4.69, 9.17) is 49.0 Å². The maximum atomic E-state index is 11.1. The minimum absolute atomic E-state index is 0.0348. The summed E-state index contributed by atoms with van der Waals surface area (Å²) in [6.45, 7) is 4.57. The average Bonchev–Trinajstić information content (AvgIpc) is 2.44. The van der Waals surface area contributed by atoms with E-state index in [1.165, 1.54) is 20.8 Å². The second-order valence-electron chi connectivity index (χ2n) is 5.87. The van der Waals surface area contributed by atoms with Gasteiger partial charge in [0, 0.05) is 27.2 Å². The van der Waals surface area contributed by atoms with Crippen molar-refractivity contribution in [1.82, 2.24) is 0 Å². The van der Waals surface area contributed by atoms with Crippen molar-refractivity contribution in [1.29, 1.82) is 0 Å². The predicted molar refractivity (Wildman–Crippen MR) is 95.6 cm³/mol. The van der Waals surface area contributed by atoms with Crippen LogP contribution in [-0.2, 0) is 28.6 Å². The van der Waals surface area contributed by atoms with Gasteiger partial charge >= 0.3 is 17.9 Å². The van der Waals surface area contributed by atoms with Gasteiger partial charge in [-0.25, -0.2) is 0 Å². The molecule has 0 heterocycles. The van der Waals surface area contributed by atoms with Gasteiger partial charge in [-0.1, -0.05) is 34.8 Å². The quantitative estimate of drug-likeness (QED) is 0.219. The van der Waals surface area contributed by atoms with Gasteiger partial charge in [0.05, 0.1) is 19.8 Å². The predicted octanol–water partition coefficient (Wildman–Crippen LogP) is 3.84. The number of alkyl halides is 3. The van der Waals surface area contributed by atoms with Crippen LogP contribution >= 0.6 is 34.8 Å². The number of esters is 3. The number of ether oxygens (including phenoxy) is 3. The highest BCUT2D eigenvalue weighted by molar-refractivity contribution is 6.67. The van der Waals surface area contributed by atoms with Crippen molar-refractivity contribution in [2.45, 2.75) is 50.2 Å². The summed E-state index contributed by atoms with van der Waals surface area (Å²) >= 11 is 17.6. The number of rotatable bonds is 11. The van der Waals surface area contributed by atoms with Crippen LogP contribution in [0.4, 0.5) is 0 Å². The van der Waals surface area contributed by atoms with Crippen molar-refractivity contribution in [3.63, 3.8) is 0 Å². The Morgan fingerprint density at radius 2 is 1.32 bits per heavy atom. The second kappa shape index (κ2) is 12.6. The summed E-state index contributed by atoms with van der Waals surface area (Å²) in [5, 5.41) is 0. The van der Waals surface area contributed by atoms with Gasteiger partial charge in [0.15, 0.2) is 3.79 Å². The summed E-state index contributed by atoms with van der Waals surface area (Å²) < 4.78 is 13.6. The molecule has 0 aliphatic rings. The molecule has 0 aliphatic heterocycles. The van der Waals surface area contributed by atoms with E-state index in [1.807, 2.05) is 0 Å². The smallest absolute Gasteiger partial charge is 0.302 e. The van der Waals surface area contributed by atoms with Gasteiger partial charge in [0.1, 0.15) is 0 Å². The number of halogens is 3. The van der Waals surface area contributed by atoms with Crippen molar-refractivity contribution < 1.29 is 28.6 Å². The molecule has 25 heavy (non-hydrogen) atoms. The molecule has 0 aliphatic carbocycles. The molecule has 0 bridgehead atoms. The van der Waals surface area contributed by atoms with E-state index in [2.05, 4.69) is 0 Å². The maximum absolute atomic E-state index is 11.1. The maximum Gasteiger partial charge on any atom is 0.302 e. The van der Waals surface area contributed by atoms with Gasteiger partial charge in [-0.2, -0.15) is 0 Å². The molecule has 0 aromatic heterocycles. The van der Waals surface area contributed by atoms with Crippen LogP contribution in [0.2, 0.25) is 0 Å². The highest BCUT2D eigenvalue weighted by Gasteiger charge is 2.28. The average molecular weight is 420 g/mol. The Balaban J connectivity index is 4.73. The summed E-state index contributed by atoms with van der Waals surface area (Å²) in [6.07, 6.45) is 2.00. The molecule has 0 amide bonds. The monoisotopic (exact) mass is 418 g/mol. The minimum atomic E-state index is -1.48. The molecule has 6 nitrogen and oxygen atoms in total. The number of hydrogen-bond donors (Lipinski definition) is 0. The summed E-state index contributed by atoms with van der Waals surface area (Å²) in [5.74, 6) is -1.39. The fourth-order valence-corrected chi connectivity index (χ4v) is 2.99. The zero-order chi connectivity index (χ0) is 19.5. The van der Waals surface area contributed by atoms with Crippen LogP contribution in [0.3, 0.4) is 0 Å². The van der Waals surface area contributed by atoms with Crippen molar-refractivity contribution in [3.8, 4) is 0 Å². The molecule has 0 radical (unpaired) electrons. The normalized spacial score (nSPS) is 13.7. The van der Waals surface area contributed by atoms with Gasteiger partial charge in [-0.3, -0.25) is 14.4 Å². The van der Waals surface area contributed by atoms with E-state index < -0.39 is 9.76 Å². The van der Waals surface area contributed by atoms with Gasteiger partial charge in [0.2, 0.25) is 0 Å². The summed E-state index contributed by atoms with van der Waals surface area (Å²) in [6, 6.07) is 0. The van der Waals surface area contributed by atoms with Crippen LogP contribution in [0.25, 0.3) is 0 Å². The van der Waals surface area contributed by atoms with Crippen LogP contribution < -0.4 is 0 Å². The lowest BCUT2D eigenvalue weighted by molar-refractivity contribution is -0.143. The SMILES string of the molecule is CC(=O)OCCCC(COC(C)=O)CC(COC(C)=O)CC(Cl)(Cl)Cl. The standard InChI is InChI=1S/C16H25Cl3O6/c1-11(20)23-6-4-5-14(9-24-12(2)21)7-15(8-16(17,18)19)10-25-13(3)22/h14-15H,4-10H2,1-3H3. The molecule has 0 fully saturated rings.